The van der Waals surface area contributed by atoms with E-state index in [0.717, 1.165) is 24.1 Å². The summed E-state index contributed by atoms with van der Waals surface area (Å²) in [6.45, 7) is 3.41. The van der Waals surface area contributed by atoms with E-state index in [1.165, 1.54) is 19.3 Å². The van der Waals surface area contributed by atoms with Crippen LogP contribution in [0.4, 0.5) is 0 Å². The van der Waals surface area contributed by atoms with Gasteiger partial charge in [-0.25, -0.2) is 0 Å². The molecule has 1 amide bonds. The van der Waals surface area contributed by atoms with Crippen molar-refractivity contribution < 1.29 is 9.53 Å². The molecule has 0 radical (unpaired) electrons. The van der Waals surface area contributed by atoms with E-state index in [-0.39, 0.29) is 11.9 Å². The fraction of sp³-hybridized carbons (Fsp3) is 0.714. The number of hydrogen-bond donors (Lipinski definition) is 2. The van der Waals surface area contributed by atoms with Gasteiger partial charge >= 0.3 is 0 Å². The molecule has 2 heterocycles. The molecule has 0 saturated heterocycles. The van der Waals surface area contributed by atoms with Crippen molar-refractivity contribution in [3.63, 3.8) is 0 Å². The summed E-state index contributed by atoms with van der Waals surface area (Å²) in [6, 6.07) is 0.290. The van der Waals surface area contributed by atoms with E-state index in [9.17, 15) is 4.79 Å². The molecule has 1 aromatic rings. The van der Waals surface area contributed by atoms with Crippen LogP contribution in [0.2, 0.25) is 0 Å². The van der Waals surface area contributed by atoms with Crippen molar-refractivity contribution in [2.24, 2.45) is 5.92 Å². The Balaban J connectivity index is 1.71. The molecule has 0 bridgehead atoms. The van der Waals surface area contributed by atoms with E-state index in [2.05, 4.69) is 22.4 Å². The lowest BCUT2D eigenvalue weighted by atomic mass is 9.86. The molecule has 2 N–H and O–H groups in total. The molecule has 1 aliphatic heterocycles. The van der Waals surface area contributed by atoms with Gasteiger partial charge < -0.3 is 10.1 Å². The molecular weight excluding hydrogens is 242 g/mol. The third-order valence-electron chi connectivity index (χ3n) is 4.34. The Hall–Kier alpha value is -1.36. The lowest BCUT2D eigenvalue weighted by Gasteiger charge is -2.29. The number of aromatic nitrogens is 2. The Morgan fingerprint density at radius 2 is 2.26 bits per heavy atom. The lowest BCUT2D eigenvalue weighted by molar-refractivity contribution is 0.0885. The SMILES string of the molecule is CC1CCCCC1NC(=O)c1n[nH]c2c1COCC2. The zero-order valence-electron chi connectivity index (χ0n) is 11.4. The predicted molar refractivity (Wildman–Crippen MR) is 70.8 cm³/mol. The molecule has 5 heteroatoms. The third kappa shape index (κ3) is 2.52. The smallest absolute Gasteiger partial charge is 0.272 e. The number of aromatic amines is 1. The minimum atomic E-state index is -0.0539. The number of hydrogen-bond acceptors (Lipinski definition) is 3. The summed E-state index contributed by atoms with van der Waals surface area (Å²) in [6.07, 6.45) is 5.58. The van der Waals surface area contributed by atoms with Gasteiger partial charge in [0.05, 0.1) is 13.2 Å². The summed E-state index contributed by atoms with van der Waals surface area (Å²) in [4.78, 5) is 12.3. The average molecular weight is 263 g/mol. The van der Waals surface area contributed by atoms with Crippen molar-refractivity contribution >= 4 is 5.91 Å². The second kappa shape index (κ2) is 5.33. The molecule has 19 heavy (non-hydrogen) atoms. The van der Waals surface area contributed by atoms with Crippen LogP contribution in [0.3, 0.4) is 0 Å². The number of ether oxygens (including phenoxy) is 1. The zero-order chi connectivity index (χ0) is 13.2. The minimum absolute atomic E-state index is 0.0539. The Morgan fingerprint density at radius 1 is 1.42 bits per heavy atom. The van der Waals surface area contributed by atoms with Crippen molar-refractivity contribution in [3.05, 3.63) is 17.0 Å². The Morgan fingerprint density at radius 3 is 3.11 bits per heavy atom. The van der Waals surface area contributed by atoms with Crippen LogP contribution in [0.15, 0.2) is 0 Å². The number of nitrogens with zero attached hydrogens (tertiary/aromatic N) is 1. The van der Waals surface area contributed by atoms with Gasteiger partial charge in [-0.3, -0.25) is 9.89 Å². The molecule has 2 atom stereocenters. The van der Waals surface area contributed by atoms with Crippen LogP contribution in [-0.4, -0.2) is 28.8 Å². The van der Waals surface area contributed by atoms with Gasteiger partial charge in [-0.1, -0.05) is 19.8 Å². The van der Waals surface area contributed by atoms with Crippen LogP contribution in [0.5, 0.6) is 0 Å². The minimum Gasteiger partial charge on any atom is -0.376 e. The van der Waals surface area contributed by atoms with Crippen LogP contribution >= 0.6 is 0 Å². The van der Waals surface area contributed by atoms with Crippen LogP contribution in [-0.2, 0) is 17.8 Å². The highest BCUT2D eigenvalue weighted by atomic mass is 16.5. The topological polar surface area (TPSA) is 67.0 Å². The standard InChI is InChI=1S/C14H21N3O2/c1-9-4-2-3-5-11(9)15-14(18)13-10-8-19-7-6-12(10)16-17-13/h9,11H,2-8H2,1H3,(H,15,18)(H,16,17). The lowest BCUT2D eigenvalue weighted by Crippen LogP contribution is -2.41. The maximum absolute atomic E-state index is 12.3. The van der Waals surface area contributed by atoms with Crippen LogP contribution in [0, 0.1) is 5.92 Å². The number of carbonyl (C=O) groups excluding carboxylic acids is 1. The van der Waals surface area contributed by atoms with Gasteiger partial charge in [-0.2, -0.15) is 5.10 Å². The summed E-state index contributed by atoms with van der Waals surface area (Å²) in [5, 5.41) is 10.3. The van der Waals surface area contributed by atoms with Crippen molar-refractivity contribution in [1.29, 1.82) is 0 Å². The van der Waals surface area contributed by atoms with Gasteiger partial charge in [0.15, 0.2) is 5.69 Å². The highest BCUT2D eigenvalue weighted by Gasteiger charge is 2.27. The van der Waals surface area contributed by atoms with Gasteiger partial charge in [-0.05, 0) is 18.8 Å². The Labute approximate surface area is 113 Å². The quantitative estimate of drug-likeness (QED) is 0.855. The molecule has 2 unspecified atom stereocenters. The molecule has 5 nitrogen and oxygen atoms in total. The predicted octanol–water partition coefficient (Wildman–Crippen LogP) is 1.79. The van der Waals surface area contributed by atoms with Crippen molar-refractivity contribution in [2.45, 2.75) is 51.7 Å². The molecule has 3 rings (SSSR count). The number of nitrogens with one attached hydrogen (secondary N) is 2. The van der Waals surface area contributed by atoms with Crippen molar-refractivity contribution in [2.75, 3.05) is 6.61 Å². The van der Waals surface area contributed by atoms with Crippen LogP contribution in [0.1, 0.15) is 54.4 Å². The summed E-state index contributed by atoms with van der Waals surface area (Å²) in [5.41, 5.74) is 2.51. The first-order chi connectivity index (χ1) is 9.25. The summed E-state index contributed by atoms with van der Waals surface area (Å²) in [5.74, 6) is 0.505. The number of carbonyl (C=O) groups is 1. The first kappa shape index (κ1) is 12.7. The largest absolute Gasteiger partial charge is 0.376 e. The molecule has 1 saturated carbocycles. The molecule has 1 aliphatic carbocycles. The maximum atomic E-state index is 12.3. The van der Waals surface area contributed by atoms with E-state index < -0.39 is 0 Å². The van der Waals surface area contributed by atoms with Gasteiger partial charge in [-0.15, -0.1) is 0 Å². The van der Waals surface area contributed by atoms with E-state index in [4.69, 9.17) is 4.74 Å². The van der Waals surface area contributed by atoms with Crippen LogP contribution < -0.4 is 5.32 Å². The highest BCUT2D eigenvalue weighted by Crippen LogP contribution is 2.24. The monoisotopic (exact) mass is 263 g/mol. The summed E-state index contributed by atoms with van der Waals surface area (Å²) < 4.78 is 5.42. The highest BCUT2D eigenvalue weighted by molar-refractivity contribution is 5.94. The van der Waals surface area contributed by atoms with E-state index >= 15 is 0 Å². The second-order valence-electron chi connectivity index (χ2n) is 5.67. The third-order valence-corrected chi connectivity index (χ3v) is 4.34. The fourth-order valence-corrected chi connectivity index (χ4v) is 3.07. The van der Waals surface area contributed by atoms with Gasteiger partial charge in [0.25, 0.3) is 5.91 Å². The number of amides is 1. The zero-order valence-corrected chi connectivity index (χ0v) is 11.4. The van der Waals surface area contributed by atoms with Gasteiger partial charge in [0.1, 0.15) is 0 Å². The molecule has 1 fully saturated rings. The van der Waals surface area contributed by atoms with Crippen molar-refractivity contribution in [1.82, 2.24) is 15.5 Å². The van der Waals surface area contributed by atoms with E-state index in [0.29, 0.717) is 24.8 Å². The van der Waals surface area contributed by atoms with Gasteiger partial charge in [0.2, 0.25) is 0 Å². The van der Waals surface area contributed by atoms with Crippen molar-refractivity contribution in [3.8, 4) is 0 Å². The summed E-state index contributed by atoms with van der Waals surface area (Å²) >= 11 is 0. The van der Waals surface area contributed by atoms with E-state index in [1.54, 1.807) is 0 Å². The first-order valence-corrected chi connectivity index (χ1v) is 7.20. The average Bonchev–Trinajstić information content (AvgIpc) is 2.85. The Kier molecular flexibility index (Phi) is 3.55. The molecule has 0 aromatic carbocycles. The molecule has 1 aromatic heterocycles. The maximum Gasteiger partial charge on any atom is 0.272 e. The number of fused-ring (bicyclic) bond motifs is 1. The number of H-pyrrole nitrogens is 1. The normalized spacial score (nSPS) is 26.8. The first-order valence-electron chi connectivity index (χ1n) is 7.20. The fourth-order valence-electron chi connectivity index (χ4n) is 3.07. The Bertz CT molecular complexity index is 469. The molecular formula is C14H21N3O2. The molecule has 2 aliphatic rings. The molecule has 104 valence electrons. The van der Waals surface area contributed by atoms with Crippen LogP contribution in [0.25, 0.3) is 0 Å². The molecule has 0 spiro atoms. The van der Waals surface area contributed by atoms with E-state index in [1.807, 2.05) is 0 Å². The second-order valence-corrected chi connectivity index (χ2v) is 5.67. The summed E-state index contributed by atoms with van der Waals surface area (Å²) in [7, 11) is 0. The number of rotatable bonds is 2. The van der Waals surface area contributed by atoms with Gasteiger partial charge in [0, 0.05) is 23.7 Å².